The topological polar surface area (TPSA) is 38.7 Å². The predicted molar refractivity (Wildman–Crippen MR) is 72.9 cm³/mol. The van der Waals surface area contributed by atoms with Crippen molar-refractivity contribution in [2.24, 2.45) is 0 Å². The van der Waals surface area contributed by atoms with E-state index in [1.807, 2.05) is 16.8 Å². The molecule has 2 rings (SSSR count). The summed E-state index contributed by atoms with van der Waals surface area (Å²) in [6, 6.07) is 5.29. The zero-order valence-corrected chi connectivity index (χ0v) is 11.6. The highest BCUT2D eigenvalue weighted by molar-refractivity contribution is 7.07. The number of hydrogen-bond donors (Lipinski definition) is 1. The molecule has 1 aromatic heterocycles. The van der Waals surface area contributed by atoms with E-state index in [4.69, 9.17) is 21.1 Å². The van der Waals surface area contributed by atoms with Crippen LogP contribution in [-0.2, 0) is 0 Å². The Balaban J connectivity index is 2.43. The number of thiophene rings is 1. The lowest BCUT2D eigenvalue weighted by Crippen LogP contribution is -2.00. The van der Waals surface area contributed by atoms with E-state index in [1.54, 1.807) is 12.1 Å². The van der Waals surface area contributed by atoms with E-state index in [0.29, 0.717) is 22.1 Å². The van der Waals surface area contributed by atoms with Crippen molar-refractivity contribution >= 4 is 22.9 Å². The molecule has 0 aliphatic carbocycles. The van der Waals surface area contributed by atoms with Gasteiger partial charge in [-0.25, -0.2) is 0 Å². The van der Waals surface area contributed by atoms with Crippen LogP contribution in [0.5, 0.6) is 11.5 Å². The molecule has 0 aliphatic rings. The molecule has 0 amide bonds. The molecular weight excluding hydrogens is 272 g/mol. The fraction of sp³-hybridized carbons (Fsp3) is 0.231. The van der Waals surface area contributed by atoms with Crippen LogP contribution >= 0.6 is 22.9 Å². The number of benzene rings is 1. The summed E-state index contributed by atoms with van der Waals surface area (Å²) in [4.78, 5) is 0. The summed E-state index contributed by atoms with van der Waals surface area (Å²) in [6.45, 7) is 0. The molecular formula is C13H13ClO3S. The van der Waals surface area contributed by atoms with Gasteiger partial charge in [-0.05, 0) is 40.1 Å². The molecule has 0 saturated heterocycles. The first-order chi connectivity index (χ1) is 8.67. The third-order valence-electron chi connectivity index (χ3n) is 2.63. The standard InChI is InChI=1S/C13H13ClO3S/c1-16-11-6-9(5-10(14)13(11)17-2)12(15)8-3-4-18-7-8/h3-7,12,15H,1-2H3. The number of rotatable bonds is 4. The molecule has 2 aromatic rings. The number of hydrogen-bond acceptors (Lipinski definition) is 4. The average Bonchev–Trinajstić information content (AvgIpc) is 2.90. The largest absolute Gasteiger partial charge is 0.493 e. The maximum absolute atomic E-state index is 10.2. The number of aliphatic hydroxyl groups is 1. The Labute approximate surface area is 115 Å². The van der Waals surface area contributed by atoms with Gasteiger partial charge in [0.25, 0.3) is 0 Å². The third-order valence-corrected chi connectivity index (χ3v) is 3.61. The lowest BCUT2D eigenvalue weighted by molar-refractivity contribution is 0.220. The summed E-state index contributed by atoms with van der Waals surface area (Å²) in [5, 5.41) is 14.5. The van der Waals surface area contributed by atoms with Crippen LogP contribution in [0.15, 0.2) is 29.0 Å². The highest BCUT2D eigenvalue weighted by Crippen LogP contribution is 2.38. The van der Waals surface area contributed by atoms with Crippen molar-refractivity contribution in [1.82, 2.24) is 0 Å². The zero-order chi connectivity index (χ0) is 13.1. The molecule has 0 bridgehead atoms. The Morgan fingerprint density at radius 3 is 2.56 bits per heavy atom. The van der Waals surface area contributed by atoms with Crippen LogP contribution < -0.4 is 9.47 Å². The van der Waals surface area contributed by atoms with Crippen molar-refractivity contribution in [1.29, 1.82) is 0 Å². The van der Waals surface area contributed by atoms with Crippen LogP contribution in [0, 0.1) is 0 Å². The monoisotopic (exact) mass is 284 g/mol. The summed E-state index contributed by atoms with van der Waals surface area (Å²) in [5.41, 5.74) is 1.51. The molecule has 96 valence electrons. The zero-order valence-electron chi connectivity index (χ0n) is 10.0. The quantitative estimate of drug-likeness (QED) is 0.934. The van der Waals surface area contributed by atoms with Crippen molar-refractivity contribution in [3.05, 3.63) is 45.1 Å². The Morgan fingerprint density at radius 2 is 2.00 bits per heavy atom. The lowest BCUT2D eigenvalue weighted by Gasteiger charge is -2.15. The van der Waals surface area contributed by atoms with Gasteiger partial charge in [0, 0.05) is 0 Å². The average molecular weight is 285 g/mol. The van der Waals surface area contributed by atoms with Gasteiger partial charge in [0.05, 0.1) is 19.2 Å². The summed E-state index contributed by atoms with van der Waals surface area (Å²) in [7, 11) is 3.06. The number of methoxy groups -OCH3 is 2. The molecule has 0 radical (unpaired) electrons. The third kappa shape index (κ3) is 2.46. The van der Waals surface area contributed by atoms with Crippen molar-refractivity contribution < 1.29 is 14.6 Å². The van der Waals surface area contributed by atoms with Gasteiger partial charge in [-0.1, -0.05) is 11.6 Å². The van der Waals surface area contributed by atoms with E-state index in [2.05, 4.69) is 0 Å². The highest BCUT2D eigenvalue weighted by atomic mass is 35.5. The van der Waals surface area contributed by atoms with Crippen LogP contribution in [0.2, 0.25) is 5.02 Å². The minimum atomic E-state index is -0.714. The second-order valence-electron chi connectivity index (χ2n) is 3.70. The van der Waals surface area contributed by atoms with Crippen LogP contribution in [0.4, 0.5) is 0 Å². The fourth-order valence-corrected chi connectivity index (χ4v) is 2.69. The van der Waals surface area contributed by atoms with E-state index in [9.17, 15) is 5.11 Å². The van der Waals surface area contributed by atoms with Gasteiger partial charge in [0.15, 0.2) is 11.5 Å². The van der Waals surface area contributed by atoms with Gasteiger partial charge >= 0.3 is 0 Å². The minimum absolute atomic E-state index is 0.418. The first-order valence-electron chi connectivity index (χ1n) is 5.29. The first-order valence-corrected chi connectivity index (χ1v) is 6.61. The van der Waals surface area contributed by atoms with Gasteiger partial charge in [0.2, 0.25) is 0 Å². The Hall–Kier alpha value is -1.23. The Bertz CT molecular complexity index is 525. The number of aliphatic hydroxyl groups excluding tert-OH is 1. The molecule has 1 heterocycles. The molecule has 3 nitrogen and oxygen atoms in total. The maximum atomic E-state index is 10.2. The molecule has 18 heavy (non-hydrogen) atoms. The summed E-state index contributed by atoms with van der Waals surface area (Å²) >= 11 is 7.64. The fourth-order valence-electron chi connectivity index (χ4n) is 1.72. The summed E-state index contributed by atoms with van der Waals surface area (Å²) in [6.07, 6.45) is -0.714. The SMILES string of the molecule is COc1cc(C(O)c2ccsc2)cc(Cl)c1OC. The lowest BCUT2D eigenvalue weighted by atomic mass is 10.0. The second kappa shape index (κ2) is 5.61. The van der Waals surface area contributed by atoms with Crippen molar-refractivity contribution in [3.8, 4) is 11.5 Å². The van der Waals surface area contributed by atoms with Gasteiger partial charge in [0.1, 0.15) is 6.10 Å². The Morgan fingerprint density at radius 1 is 1.22 bits per heavy atom. The molecule has 0 aliphatic heterocycles. The normalized spacial score (nSPS) is 12.2. The van der Waals surface area contributed by atoms with Crippen molar-refractivity contribution in [3.63, 3.8) is 0 Å². The molecule has 0 fully saturated rings. The summed E-state index contributed by atoms with van der Waals surface area (Å²) < 4.78 is 10.4. The van der Waals surface area contributed by atoms with E-state index in [1.165, 1.54) is 25.6 Å². The van der Waals surface area contributed by atoms with Crippen LogP contribution in [0.3, 0.4) is 0 Å². The van der Waals surface area contributed by atoms with Crippen LogP contribution in [-0.4, -0.2) is 19.3 Å². The first kappa shape index (κ1) is 13.2. The van der Waals surface area contributed by atoms with E-state index in [0.717, 1.165) is 5.56 Å². The molecule has 1 atom stereocenters. The van der Waals surface area contributed by atoms with Gasteiger partial charge in [-0.2, -0.15) is 11.3 Å². The Kier molecular flexibility index (Phi) is 4.11. The van der Waals surface area contributed by atoms with E-state index in [-0.39, 0.29) is 0 Å². The molecule has 5 heteroatoms. The highest BCUT2D eigenvalue weighted by Gasteiger charge is 2.17. The predicted octanol–water partition coefficient (Wildman–Crippen LogP) is 3.50. The van der Waals surface area contributed by atoms with E-state index >= 15 is 0 Å². The number of ether oxygens (including phenoxy) is 2. The van der Waals surface area contributed by atoms with E-state index < -0.39 is 6.10 Å². The van der Waals surface area contributed by atoms with Gasteiger partial charge in [-0.15, -0.1) is 0 Å². The molecule has 0 saturated carbocycles. The van der Waals surface area contributed by atoms with Gasteiger partial charge < -0.3 is 14.6 Å². The molecule has 1 unspecified atom stereocenters. The summed E-state index contributed by atoms with van der Waals surface area (Å²) in [5.74, 6) is 0.981. The molecule has 0 spiro atoms. The second-order valence-corrected chi connectivity index (χ2v) is 4.88. The van der Waals surface area contributed by atoms with Crippen LogP contribution in [0.1, 0.15) is 17.2 Å². The minimum Gasteiger partial charge on any atom is -0.493 e. The molecule has 1 N–H and O–H groups in total. The van der Waals surface area contributed by atoms with Crippen molar-refractivity contribution in [2.75, 3.05) is 14.2 Å². The van der Waals surface area contributed by atoms with Crippen LogP contribution in [0.25, 0.3) is 0 Å². The molecule has 1 aromatic carbocycles. The van der Waals surface area contributed by atoms with Crippen molar-refractivity contribution in [2.45, 2.75) is 6.10 Å². The smallest absolute Gasteiger partial charge is 0.179 e. The maximum Gasteiger partial charge on any atom is 0.179 e. The van der Waals surface area contributed by atoms with Gasteiger partial charge in [-0.3, -0.25) is 0 Å². The number of halogens is 1.